The van der Waals surface area contributed by atoms with E-state index in [1.165, 1.54) is 0 Å². The highest BCUT2D eigenvalue weighted by Gasteiger charge is 2.28. The van der Waals surface area contributed by atoms with Gasteiger partial charge in [-0.15, -0.1) is 0 Å². The lowest BCUT2D eigenvalue weighted by atomic mass is 10.1. The molecule has 1 amide bonds. The molecule has 2 atom stereocenters. The second kappa shape index (κ2) is 7.11. The zero-order valence-electron chi connectivity index (χ0n) is 12.5. The number of carbonyl (C=O) groups is 1. The lowest BCUT2D eigenvalue weighted by molar-refractivity contribution is -0.123. The second-order valence-electron chi connectivity index (χ2n) is 5.31. The molecule has 2 N–H and O–H groups in total. The van der Waals surface area contributed by atoms with E-state index in [-0.39, 0.29) is 24.2 Å². The highest BCUT2D eigenvalue weighted by molar-refractivity contribution is 6.32. The second-order valence-corrected chi connectivity index (χ2v) is 5.72. The van der Waals surface area contributed by atoms with Gasteiger partial charge in [-0.2, -0.15) is 0 Å². The van der Waals surface area contributed by atoms with Crippen molar-refractivity contribution >= 4 is 23.2 Å². The minimum Gasteiger partial charge on any atom is -0.489 e. The number of nitrogens with one attached hydrogen (secondary N) is 2. The van der Waals surface area contributed by atoms with Crippen LogP contribution in [-0.2, 0) is 9.53 Å². The minimum absolute atomic E-state index is 0.0485. The van der Waals surface area contributed by atoms with E-state index in [9.17, 15) is 4.79 Å². The Balaban J connectivity index is 2.02. The van der Waals surface area contributed by atoms with Gasteiger partial charge in [0.15, 0.2) is 0 Å². The molecule has 0 saturated carbocycles. The van der Waals surface area contributed by atoms with Crippen molar-refractivity contribution in [3.63, 3.8) is 0 Å². The molecule has 1 aromatic carbocycles. The summed E-state index contributed by atoms with van der Waals surface area (Å²) in [6.45, 7) is 7.04. The quantitative estimate of drug-likeness (QED) is 0.896. The fourth-order valence-electron chi connectivity index (χ4n) is 2.18. The third-order valence-corrected chi connectivity index (χ3v) is 3.46. The van der Waals surface area contributed by atoms with E-state index in [1.54, 1.807) is 18.2 Å². The van der Waals surface area contributed by atoms with E-state index in [1.807, 2.05) is 20.8 Å². The van der Waals surface area contributed by atoms with Crippen molar-refractivity contribution in [3.05, 3.63) is 23.2 Å². The van der Waals surface area contributed by atoms with Crippen LogP contribution in [-0.4, -0.2) is 37.3 Å². The Bertz CT molecular complexity index is 508. The lowest BCUT2D eigenvalue weighted by Crippen LogP contribution is -2.53. The molecule has 1 saturated heterocycles. The molecule has 5 nitrogen and oxygen atoms in total. The Morgan fingerprint density at radius 1 is 1.52 bits per heavy atom. The summed E-state index contributed by atoms with van der Waals surface area (Å²) in [5, 5.41) is 6.46. The maximum Gasteiger partial charge on any atom is 0.244 e. The molecule has 1 aliphatic rings. The minimum atomic E-state index is -0.357. The number of morpholine rings is 1. The molecule has 1 aromatic rings. The van der Waals surface area contributed by atoms with Gasteiger partial charge in [0, 0.05) is 12.2 Å². The van der Waals surface area contributed by atoms with Gasteiger partial charge in [-0.3, -0.25) is 4.79 Å². The summed E-state index contributed by atoms with van der Waals surface area (Å²) in [5.74, 6) is 0.480. The van der Waals surface area contributed by atoms with Gasteiger partial charge in [0.05, 0.1) is 23.8 Å². The molecule has 1 heterocycles. The summed E-state index contributed by atoms with van der Waals surface area (Å²) in [7, 11) is 0. The molecule has 1 fully saturated rings. The highest BCUT2D eigenvalue weighted by atomic mass is 35.5. The van der Waals surface area contributed by atoms with Crippen molar-refractivity contribution < 1.29 is 14.3 Å². The van der Waals surface area contributed by atoms with Crippen LogP contribution in [0.2, 0.25) is 5.02 Å². The Hall–Kier alpha value is -1.30. The van der Waals surface area contributed by atoms with Crippen LogP contribution in [0, 0.1) is 0 Å². The molecule has 2 rings (SSSR count). The average Bonchev–Trinajstić information content (AvgIpc) is 2.42. The van der Waals surface area contributed by atoms with Crippen molar-refractivity contribution in [2.45, 2.75) is 39.0 Å². The number of ether oxygens (including phenoxy) is 2. The molecule has 116 valence electrons. The van der Waals surface area contributed by atoms with E-state index in [2.05, 4.69) is 10.6 Å². The first-order valence-corrected chi connectivity index (χ1v) is 7.47. The van der Waals surface area contributed by atoms with Crippen molar-refractivity contribution in [2.24, 2.45) is 0 Å². The Morgan fingerprint density at radius 3 is 2.90 bits per heavy atom. The van der Waals surface area contributed by atoms with E-state index >= 15 is 0 Å². The van der Waals surface area contributed by atoms with Gasteiger partial charge in [0.25, 0.3) is 0 Å². The zero-order valence-corrected chi connectivity index (χ0v) is 13.2. The summed E-state index contributed by atoms with van der Waals surface area (Å²) in [6, 6.07) is 4.86. The Labute approximate surface area is 130 Å². The van der Waals surface area contributed by atoms with E-state index < -0.39 is 0 Å². The summed E-state index contributed by atoms with van der Waals surface area (Å²) in [5.41, 5.74) is 0.640. The van der Waals surface area contributed by atoms with Crippen LogP contribution in [0.15, 0.2) is 18.2 Å². The van der Waals surface area contributed by atoms with Gasteiger partial charge in [-0.05, 0) is 39.0 Å². The zero-order chi connectivity index (χ0) is 15.4. The molecule has 21 heavy (non-hydrogen) atoms. The predicted molar refractivity (Wildman–Crippen MR) is 83.1 cm³/mol. The van der Waals surface area contributed by atoms with Crippen molar-refractivity contribution in [1.29, 1.82) is 0 Å². The number of anilines is 1. The smallest absolute Gasteiger partial charge is 0.244 e. The van der Waals surface area contributed by atoms with Crippen LogP contribution in [0.1, 0.15) is 20.8 Å². The van der Waals surface area contributed by atoms with E-state index in [0.717, 1.165) is 0 Å². The summed E-state index contributed by atoms with van der Waals surface area (Å²) < 4.78 is 11.0. The Morgan fingerprint density at radius 2 is 2.29 bits per heavy atom. The van der Waals surface area contributed by atoms with Crippen LogP contribution < -0.4 is 15.4 Å². The van der Waals surface area contributed by atoms with Gasteiger partial charge >= 0.3 is 0 Å². The number of halogens is 1. The number of hydrogen-bond donors (Lipinski definition) is 2. The van der Waals surface area contributed by atoms with Crippen LogP contribution in [0.3, 0.4) is 0 Å². The van der Waals surface area contributed by atoms with Crippen molar-refractivity contribution in [2.75, 3.05) is 18.5 Å². The number of amides is 1. The first kappa shape index (κ1) is 16.1. The molecular formula is C15H21ClN2O3. The maximum atomic E-state index is 12.2. The normalized spacial score (nSPS) is 22.1. The number of rotatable bonds is 4. The van der Waals surface area contributed by atoms with Gasteiger partial charge in [-0.1, -0.05) is 11.6 Å². The Kier molecular flexibility index (Phi) is 5.45. The number of hydrogen-bond acceptors (Lipinski definition) is 4. The molecule has 0 aliphatic carbocycles. The van der Waals surface area contributed by atoms with Gasteiger partial charge < -0.3 is 20.1 Å². The molecule has 6 heteroatoms. The van der Waals surface area contributed by atoms with Crippen LogP contribution in [0.5, 0.6) is 5.75 Å². The van der Waals surface area contributed by atoms with E-state index in [0.29, 0.717) is 29.6 Å². The number of carbonyl (C=O) groups excluding carboxylic acids is 1. The fraction of sp³-hybridized carbons (Fsp3) is 0.533. The molecule has 0 spiro atoms. The monoisotopic (exact) mass is 312 g/mol. The molecular weight excluding hydrogens is 292 g/mol. The third-order valence-electron chi connectivity index (χ3n) is 3.16. The van der Waals surface area contributed by atoms with Crippen LogP contribution in [0.25, 0.3) is 0 Å². The largest absolute Gasteiger partial charge is 0.489 e. The third kappa shape index (κ3) is 4.33. The highest BCUT2D eigenvalue weighted by Crippen LogP contribution is 2.28. The first-order valence-electron chi connectivity index (χ1n) is 7.09. The van der Waals surface area contributed by atoms with Gasteiger partial charge in [-0.25, -0.2) is 0 Å². The van der Waals surface area contributed by atoms with Crippen LogP contribution >= 0.6 is 11.6 Å². The molecule has 0 unspecified atom stereocenters. The summed E-state index contributed by atoms with van der Waals surface area (Å²) in [4.78, 5) is 12.2. The number of benzene rings is 1. The van der Waals surface area contributed by atoms with Gasteiger partial charge in [0.2, 0.25) is 5.91 Å². The summed E-state index contributed by atoms with van der Waals surface area (Å²) >= 11 is 6.15. The van der Waals surface area contributed by atoms with Crippen molar-refractivity contribution in [3.8, 4) is 5.75 Å². The fourth-order valence-corrected chi connectivity index (χ4v) is 2.40. The standard InChI is InChI=1S/C15H21ClN2O3/c1-9(2)21-13-5-4-11(8-12(13)16)18-15(19)14-10(3)20-7-6-17-14/h4-5,8-10,14,17H,6-7H2,1-3H3,(H,18,19)/t10-,14+/m1/s1. The molecule has 0 bridgehead atoms. The molecule has 0 radical (unpaired) electrons. The SMILES string of the molecule is CC(C)Oc1ccc(NC(=O)[C@H]2NCCO[C@@H]2C)cc1Cl. The summed E-state index contributed by atoms with van der Waals surface area (Å²) in [6.07, 6.45) is -0.106. The van der Waals surface area contributed by atoms with Crippen molar-refractivity contribution in [1.82, 2.24) is 5.32 Å². The molecule has 0 aromatic heterocycles. The van der Waals surface area contributed by atoms with Crippen LogP contribution in [0.4, 0.5) is 5.69 Å². The lowest BCUT2D eigenvalue weighted by Gasteiger charge is -2.29. The predicted octanol–water partition coefficient (Wildman–Crippen LogP) is 2.44. The first-order chi connectivity index (χ1) is 9.97. The average molecular weight is 313 g/mol. The van der Waals surface area contributed by atoms with Gasteiger partial charge in [0.1, 0.15) is 11.8 Å². The topological polar surface area (TPSA) is 59.6 Å². The van der Waals surface area contributed by atoms with E-state index in [4.69, 9.17) is 21.1 Å². The molecule has 1 aliphatic heterocycles. The maximum absolute atomic E-state index is 12.2.